The lowest BCUT2D eigenvalue weighted by Crippen LogP contribution is -2.03. The Morgan fingerprint density at radius 1 is 1.83 bits per heavy atom. The van der Waals surface area contributed by atoms with E-state index in [1.54, 1.807) is 0 Å². The first-order chi connectivity index (χ1) is 2.91. The van der Waals surface area contributed by atoms with Gasteiger partial charge in [-0.25, -0.2) is 0 Å². The highest BCUT2D eigenvalue weighted by atomic mass is 14.8. The maximum Gasteiger partial charge on any atom is 0.0574 e. The SMILES string of the molecule is [CH2]C#CCNC. The Labute approximate surface area is 38.7 Å². The first kappa shape index (κ1) is 5.52. The number of hydrogen-bond donors (Lipinski definition) is 1. The molecule has 6 heavy (non-hydrogen) atoms. The van der Waals surface area contributed by atoms with Gasteiger partial charge in [0, 0.05) is 6.92 Å². The molecular formula is C5H8N. The van der Waals surface area contributed by atoms with Crippen LogP contribution in [0.3, 0.4) is 0 Å². The van der Waals surface area contributed by atoms with Crippen molar-refractivity contribution in [1.29, 1.82) is 0 Å². The summed E-state index contributed by atoms with van der Waals surface area (Å²) in [5.41, 5.74) is 0. The van der Waals surface area contributed by atoms with Gasteiger partial charge in [0.05, 0.1) is 6.54 Å². The van der Waals surface area contributed by atoms with Crippen molar-refractivity contribution in [2.45, 2.75) is 0 Å². The summed E-state index contributed by atoms with van der Waals surface area (Å²) in [4.78, 5) is 0. The quantitative estimate of drug-likeness (QED) is 0.440. The van der Waals surface area contributed by atoms with Gasteiger partial charge in [-0.05, 0) is 7.05 Å². The fourth-order valence-electron chi connectivity index (χ4n) is 0.151. The summed E-state index contributed by atoms with van der Waals surface area (Å²) >= 11 is 0. The monoisotopic (exact) mass is 82.1 g/mol. The van der Waals surface area contributed by atoms with Crippen LogP contribution in [0.2, 0.25) is 0 Å². The molecule has 0 saturated carbocycles. The third-order valence-corrected chi connectivity index (χ3v) is 0.390. The minimum Gasteiger partial charge on any atom is -0.309 e. The van der Waals surface area contributed by atoms with Gasteiger partial charge in [0.2, 0.25) is 0 Å². The van der Waals surface area contributed by atoms with Crippen LogP contribution < -0.4 is 5.32 Å². The van der Waals surface area contributed by atoms with Crippen LogP contribution in [0.5, 0.6) is 0 Å². The number of rotatable bonds is 1. The van der Waals surface area contributed by atoms with E-state index in [4.69, 9.17) is 0 Å². The molecule has 33 valence electrons. The van der Waals surface area contributed by atoms with Crippen molar-refractivity contribution >= 4 is 0 Å². The van der Waals surface area contributed by atoms with Crippen LogP contribution in [0.1, 0.15) is 0 Å². The number of nitrogens with one attached hydrogen (secondary N) is 1. The van der Waals surface area contributed by atoms with E-state index in [0.29, 0.717) is 0 Å². The van der Waals surface area contributed by atoms with Crippen LogP contribution in [-0.4, -0.2) is 13.6 Å². The predicted molar refractivity (Wildman–Crippen MR) is 27.1 cm³/mol. The van der Waals surface area contributed by atoms with E-state index in [-0.39, 0.29) is 0 Å². The van der Waals surface area contributed by atoms with Gasteiger partial charge in [-0.2, -0.15) is 0 Å². The number of hydrogen-bond acceptors (Lipinski definition) is 1. The van der Waals surface area contributed by atoms with E-state index in [1.165, 1.54) is 0 Å². The molecular weight excluding hydrogens is 74.1 g/mol. The molecule has 0 bridgehead atoms. The molecule has 0 rings (SSSR count). The average molecular weight is 82.1 g/mol. The molecule has 0 saturated heterocycles. The minimum absolute atomic E-state index is 0.740. The van der Waals surface area contributed by atoms with Crippen molar-refractivity contribution in [3.05, 3.63) is 6.92 Å². The summed E-state index contributed by atoms with van der Waals surface area (Å²) in [7, 11) is 1.85. The molecule has 0 heterocycles. The van der Waals surface area contributed by atoms with E-state index >= 15 is 0 Å². The van der Waals surface area contributed by atoms with E-state index in [1.807, 2.05) is 7.05 Å². The molecule has 1 heteroatoms. The molecule has 1 nitrogen and oxygen atoms in total. The molecule has 0 atom stereocenters. The molecule has 1 radical (unpaired) electrons. The molecule has 0 aliphatic carbocycles. The van der Waals surface area contributed by atoms with Crippen molar-refractivity contribution in [3.63, 3.8) is 0 Å². The third kappa shape index (κ3) is 3.52. The maximum atomic E-state index is 3.32. The summed E-state index contributed by atoms with van der Waals surface area (Å²) in [5, 5.41) is 2.86. The molecule has 0 aromatic heterocycles. The molecule has 0 spiro atoms. The van der Waals surface area contributed by atoms with Crippen LogP contribution in [-0.2, 0) is 0 Å². The summed E-state index contributed by atoms with van der Waals surface area (Å²) in [5.74, 6) is 5.23. The van der Waals surface area contributed by atoms with E-state index in [0.717, 1.165) is 6.54 Å². The Bertz CT molecular complexity index is 65.7. The maximum absolute atomic E-state index is 3.32. The fraction of sp³-hybridized carbons (Fsp3) is 0.400. The fourth-order valence-corrected chi connectivity index (χ4v) is 0.151. The lowest BCUT2D eigenvalue weighted by atomic mass is 10.6. The zero-order valence-electron chi connectivity index (χ0n) is 3.91. The molecule has 0 amide bonds. The largest absolute Gasteiger partial charge is 0.309 e. The molecule has 0 unspecified atom stereocenters. The van der Waals surface area contributed by atoms with Crippen molar-refractivity contribution in [2.75, 3.05) is 13.6 Å². The highest BCUT2D eigenvalue weighted by Gasteiger charge is 1.59. The molecule has 0 aromatic rings. The smallest absolute Gasteiger partial charge is 0.0574 e. The highest BCUT2D eigenvalue weighted by Crippen LogP contribution is 1.45. The molecule has 0 aromatic carbocycles. The molecule has 0 aliphatic heterocycles. The standard InChI is InChI=1S/C5H8N/c1-3-4-5-6-2/h6H,1,5H2,2H3. The highest BCUT2D eigenvalue weighted by molar-refractivity contribution is 5.02. The summed E-state index contributed by atoms with van der Waals surface area (Å²) in [6.07, 6.45) is 0. The zero-order chi connectivity index (χ0) is 4.83. The van der Waals surface area contributed by atoms with Gasteiger partial charge in [-0.1, -0.05) is 5.92 Å². The topological polar surface area (TPSA) is 12.0 Å². The second kappa shape index (κ2) is 4.52. The van der Waals surface area contributed by atoms with E-state index in [9.17, 15) is 0 Å². The Morgan fingerprint density at radius 3 is 2.67 bits per heavy atom. The van der Waals surface area contributed by atoms with Gasteiger partial charge < -0.3 is 5.32 Å². The lowest BCUT2D eigenvalue weighted by molar-refractivity contribution is 0.938. The van der Waals surface area contributed by atoms with Gasteiger partial charge >= 0.3 is 0 Å². The predicted octanol–water partition coefficient (Wildman–Crippen LogP) is 0.0433. The first-order valence-corrected chi connectivity index (χ1v) is 1.81. The van der Waals surface area contributed by atoms with Crippen LogP contribution in [0, 0.1) is 18.8 Å². The van der Waals surface area contributed by atoms with Gasteiger partial charge in [0.15, 0.2) is 0 Å². The zero-order valence-corrected chi connectivity index (χ0v) is 3.91. The third-order valence-electron chi connectivity index (χ3n) is 0.390. The first-order valence-electron chi connectivity index (χ1n) is 1.81. The minimum atomic E-state index is 0.740. The molecule has 1 N–H and O–H groups in total. The Balaban J connectivity index is 2.79. The van der Waals surface area contributed by atoms with Crippen LogP contribution >= 0.6 is 0 Å². The lowest BCUT2D eigenvalue weighted by Gasteiger charge is -1.77. The van der Waals surface area contributed by atoms with E-state index < -0.39 is 0 Å². The summed E-state index contributed by atoms with van der Waals surface area (Å²) in [6.45, 7) is 4.06. The average Bonchev–Trinajstić information content (AvgIpc) is 1.61. The second-order valence-corrected chi connectivity index (χ2v) is 0.884. The Morgan fingerprint density at radius 2 is 2.50 bits per heavy atom. The van der Waals surface area contributed by atoms with Gasteiger partial charge in [0.25, 0.3) is 0 Å². The molecule has 0 fully saturated rings. The van der Waals surface area contributed by atoms with Crippen molar-refractivity contribution in [3.8, 4) is 11.8 Å². The van der Waals surface area contributed by atoms with Crippen LogP contribution in [0.25, 0.3) is 0 Å². The Kier molecular flexibility index (Phi) is 4.16. The normalized spacial score (nSPS) is 6.33. The van der Waals surface area contributed by atoms with Crippen molar-refractivity contribution < 1.29 is 0 Å². The second-order valence-electron chi connectivity index (χ2n) is 0.884. The molecule has 0 aliphatic rings. The van der Waals surface area contributed by atoms with Gasteiger partial charge in [-0.15, -0.1) is 5.92 Å². The van der Waals surface area contributed by atoms with Crippen molar-refractivity contribution in [2.24, 2.45) is 0 Å². The van der Waals surface area contributed by atoms with E-state index in [2.05, 4.69) is 24.1 Å². The summed E-state index contributed by atoms with van der Waals surface area (Å²) < 4.78 is 0. The van der Waals surface area contributed by atoms with Gasteiger partial charge in [0.1, 0.15) is 0 Å². The van der Waals surface area contributed by atoms with Crippen LogP contribution in [0.4, 0.5) is 0 Å². The Hall–Kier alpha value is -0.480. The van der Waals surface area contributed by atoms with Gasteiger partial charge in [-0.3, -0.25) is 0 Å². The summed E-state index contributed by atoms with van der Waals surface area (Å²) in [6, 6.07) is 0. The van der Waals surface area contributed by atoms with Crippen molar-refractivity contribution in [1.82, 2.24) is 5.32 Å². The van der Waals surface area contributed by atoms with Crippen LogP contribution in [0.15, 0.2) is 0 Å².